The molecule has 12 heavy (non-hydrogen) atoms. The first-order valence-corrected chi connectivity index (χ1v) is 3.34. The van der Waals surface area contributed by atoms with Crippen LogP contribution in [-0.2, 0) is 19.2 Å². The molecule has 0 rings (SSSR count). The number of rotatable bonds is 4. The molecule has 0 aliphatic carbocycles. The standard InChI is InChI=1S/C6H12N2O4/c1-3(5(7)9)11-6(10)4(2)12-8/h3-4H,8H2,1-2H3,(H2,7,9). The Balaban J connectivity index is 3.92. The topological polar surface area (TPSA) is 105 Å². The summed E-state index contributed by atoms with van der Waals surface area (Å²) in [5.41, 5.74) is 4.84. The maximum atomic E-state index is 10.9. The van der Waals surface area contributed by atoms with E-state index in [9.17, 15) is 9.59 Å². The minimum Gasteiger partial charge on any atom is -0.451 e. The molecule has 0 radical (unpaired) electrons. The minimum atomic E-state index is -0.963. The van der Waals surface area contributed by atoms with E-state index in [-0.39, 0.29) is 0 Å². The zero-order chi connectivity index (χ0) is 9.72. The van der Waals surface area contributed by atoms with Crippen molar-refractivity contribution in [2.45, 2.75) is 26.1 Å². The van der Waals surface area contributed by atoms with E-state index in [1.165, 1.54) is 13.8 Å². The van der Waals surface area contributed by atoms with Gasteiger partial charge in [-0.1, -0.05) is 0 Å². The molecular weight excluding hydrogens is 164 g/mol. The molecule has 0 aliphatic heterocycles. The van der Waals surface area contributed by atoms with Crippen molar-refractivity contribution in [3.8, 4) is 0 Å². The molecule has 0 aromatic heterocycles. The van der Waals surface area contributed by atoms with Crippen molar-refractivity contribution in [1.82, 2.24) is 0 Å². The van der Waals surface area contributed by atoms with Gasteiger partial charge in [0, 0.05) is 0 Å². The Morgan fingerprint density at radius 2 is 1.75 bits per heavy atom. The van der Waals surface area contributed by atoms with E-state index in [2.05, 4.69) is 9.57 Å². The molecule has 6 nitrogen and oxygen atoms in total. The molecule has 0 aliphatic rings. The third-order valence-corrected chi connectivity index (χ3v) is 1.23. The number of ether oxygens (including phenoxy) is 1. The summed E-state index contributed by atoms with van der Waals surface area (Å²) in [6.07, 6.45) is -1.86. The molecule has 0 aromatic carbocycles. The maximum absolute atomic E-state index is 10.9. The van der Waals surface area contributed by atoms with E-state index in [0.29, 0.717) is 0 Å². The van der Waals surface area contributed by atoms with Crippen molar-refractivity contribution in [3.63, 3.8) is 0 Å². The zero-order valence-electron chi connectivity index (χ0n) is 6.94. The van der Waals surface area contributed by atoms with Gasteiger partial charge < -0.3 is 10.5 Å². The predicted molar refractivity (Wildman–Crippen MR) is 39.5 cm³/mol. The van der Waals surface area contributed by atoms with Crippen molar-refractivity contribution in [2.75, 3.05) is 0 Å². The number of carbonyl (C=O) groups is 2. The highest BCUT2D eigenvalue weighted by atomic mass is 16.7. The number of esters is 1. The van der Waals surface area contributed by atoms with Gasteiger partial charge in [0.2, 0.25) is 0 Å². The number of hydrogen-bond acceptors (Lipinski definition) is 5. The highest BCUT2D eigenvalue weighted by Crippen LogP contribution is 1.95. The molecule has 0 spiro atoms. The van der Waals surface area contributed by atoms with Crippen molar-refractivity contribution in [2.24, 2.45) is 11.6 Å². The van der Waals surface area contributed by atoms with Gasteiger partial charge in [0.1, 0.15) is 0 Å². The SMILES string of the molecule is CC(OC(=O)C(C)ON)C(N)=O. The summed E-state index contributed by atoms with van der Waals surface area (Å²) in [4.78, 5) is 25.4. The van der Waals surface area contributed by atoms with Crippen LogP contribution >= 0.6 is 0 Å². The lowest BCUT2D eigenvalue weighted by Crippen LogP contribution is -2.35. The largest absolute Gasteiger partial charge is 0.451 e. The van der Waals surface area contributed by atoms with Crippen LogP contribution in [0, 0.1) is 0 Å². The molecule has 0 bridgehead atoms. The Labute approximate surface area is 69.7 Å². The molecule has 70 valence electrons. The lowest BCUT2D eigenvalue weighted by molar-refractivity contribution is -0.164. The maximum Gasteiger partial charge on any atom is 0.337 e. The van der Waals surface area contributed by atoms with Gasteiger partial charge in [-0.3, -0.25) is 9.63 Å². The van der Waals surface area contributed by atoms with Crippen molar-refractivity contribution >= 4 is 11.9 Å². The highest BCUT2D eigenvalue weighted by Gasteiger charge is 2.19. The van der Waals surface area contributed by atoms with Gasteiger partial charge in [0.25, 0.3) is 5.91 Å². The number of amides is 1. The van der Waals surface area contributed by atoms with E-state index >= 15 is 0 Å². The van der Waals surface area contributed by atoms with Crippen molar-refractivity contribution < 1.29 is 19.2 Å². The summed E-state index contributed by atoms with van der Waals surface area (Å²) < 4.78 is 4.55. The Hall–Kier alpha value is -1.14. The smallest absolute Gasteiger partial charge is 0.337 e. The second kappa shape index (κ2) is 4.68. The van der Waals surface area contributed by atoms with Crippen LogP contribution in [0.5, 0.6) is 0 Å². The molecule has 0 saturated heterocycles. The van der Waals surface area contributed by atoms with Crippen LogP contribution in [0.4, 0.5) is 0 Å². The third kappa shape index (κ3) is 3.31. The van der Waals surface area contributed by atoms with Crippen LogP contribution in [0.3, 0.4) is 0 Å². The Kier molecular flexibility index (Phi) is 4.24. The fourth-order valence-corrected chi connectivity index (χ4v) is 0.384. The Morgan fingerprint density at radius 3 is 2.08 bits per heavy atom. The number of nitrogens with two attached hydrogens (primary N) is 2. The molecule has 4 N–H and O–H groups in total. The monoisotopic (exact) mass is 176 g/mol. The van der Waals surface area contributed by atoms with E-state index in [0.717, 1.165) is 0 Å². The molecule has 0 fully saturated rings. The fraction of sp³-hybridized carbons (Fsp3) is 0.667. The van der Waals surface area contributed by atoms with Crippen molar-refractivity contribution in [3.05, 3.63) is 0 Å². The first-order chi connectivity index (χ1) is 5.49. The first-order valence-electron chi connectivity index (χ1n) is 3.34. The third-order valence-electron chi connectivity index (χ3n) is 1.23. The summed E-state index contributed by atoms with van der Waals surface area (Å²) in [5, 5.41) is 0. The van der Waals surface area contributed by atoms with Gasteiger partial charge in [-0.15, -0.1) is 0 Å². The average Bonchev–Trinajstić information content (AvgIpc) is 2.02. The quantitative estimate of drug-likeness (QED) is 0.408. The Bertz CT molecular complexity index is 182. The summed E-state index contributed by atoms with van der Waals surface area (Å²) >= 11 is 0. The average molecular weight is 176 g/mol. The van der Waals surface area contributed by atoms with Gasteiger partial charge in [0.05, 0.1) is 0 Å². The summed E-state index contributed by atoms with van der Waals surface area (Å²) in [6, 6.07) is 0. The van der Waals surface area contributed by atoms with E-state index in [4.69, 9.17) is 11.6 Å². The van der Waals surface area contributed by atoms with Crippen LogP contribution in [-0.4, -0.2) is 24.1 Å². The highest BCUT2D eigenvalue weighted by molar-refractivity contribution is 5.83. The lowest BCUT2D eigenvalue weighted by atomic mass is 10.3. The first kappa shape index (κ1) is 10.9. The predicted octanol–water partition coefficient (Wildman–Crippen LogP) is -1.32. The molecule has 0 heterocycles. The second-order valence-electron chi connectivity index (χ2n) is 2.26. The molecular formula is C6H12N2O4. The molecule has 1 amide bonds. The molecule has 6 heteroatoms. The minimum absolute atomic E-state index is 0.715. The molecule has 2 unspecified atom stereocenters. The van der Waals surface area contributed by atoms with Gasteiger partial charge in [-0.25, -0.2) is 10.7 Å². The van der Waals surface area contributed by atoms with Crippen LogP contribution < -0.4 is 11.6 Å². The number of carbonyl (C=O) groups excluding carboxylic acids is 2. The van der Waals surface area contributed by atoms with Crippen molar-refractivity contribution in [1.29, 1.82) is 0 Å². The van der Waals surface area contributed by atoms with E-state index in [1.54, 1.807) is 0 Å². The van der Waals surface area contributed by atoms with Crippen LogP contribution in [0.15, 0.2) is 0 Å². The van der Waals surface area contributed by atoms with Crippen LogP contribution in [0.2, 0.25) is 0 Å². The number of primary amides is 1. The zero-order valence-corrected chi connectivity index (χ0v) is 6.94. The van der Waals surface area contributed by atoms with Gasteiger partial charge in [0.15, 0.2) is 12.2 Å². The Morgan fingerprint density at radius 1 is 1.25 bits per heavy atom. The van der Waals surface area contributed by atoms with E-state index < -0.39 is 24.1 Å². The van der Waals surface area contributed by atoms with Gasteiger partial charge in [-0.05, 0) is 13.8 Å². The second-order valence-corrected chi connectivity index (χ2v) is 2.26. The van der Waals surface area contributed by atoms with Crippen LogP contribution in [0.25, 0.3) is 0 Å². The summed E-state index contributed by atoms with van der Waals surface area (Å²) in [5.74, 6) is 3.27. The van der Waals surface area contributed by atoms with Gasteiger partial charge in [-0.2, -0.15) is 0 Å². The van der Waals surface area contributed by atoms with E-state index in [1.807, 2.05) is 0 Å². The van der Waals surface area contributed by atoms with Crippen LogP contribution in [0.1, 0.15) is 13.8 Å². The lowest BCUT2D eigenvalue weighted by Gasteiger charge is -2.12. The normalized spacial score (nSPS) is 14.9. The van der Waals surface area contributed by atoms with Gasteiger partial charge >= 0.3 is 5.97 Å². The fourth-order valence-electron chi connectivity index (χ4n) is 0.384. The summed E-state index contributed by atoms with van der Waals surface area (Å²) in [7, 11) is 0. The molecule has 0 aromatic rings. The molecule has 2 atom stereocenters. The number of hydrogen-bond donors (Lipinski definition) is 2. The molecule has 0 saturated carbocycles. The summed E-state index contributed by atoms with van der Waals surface area (Å²) in [6.45, 7) is 2.76.